The summed E-state index contributed by atoms with van der Waals surface area (Å²) in [6, 6.07) is 7.70. The van der Waals surface area contributed by atoms with Crippen molar-refractivity contribution >= 4 is 27.4 Å². The molecule has 2 rings (SSSR count). The van der Waals surface area contributed by atoms with E-state index in [0.29, 0.717) is 5.56 Å². The van der Waals surface area contributed by atoms with E-state index in [0.717, 1.165) is 12.3 Å². The zero-order chi connectivity index (χ0) is 17.9. The number of halogens is 2. The van der Waals surface area contributed by atoms with Crippen molar-refractivity contribution < 1.29 is 27.4 Å². The number of hydrogen-bond donors (Lipinski definition) is 1. The van der Waals surface area contributed by atoms with Crippen molar-refractivity contribution in [2.45, 2.75) is 17.7 Å². The molecular formula is C16H14ClFO5S. The number of carbonyl (C=O) groups is 1. The molecule has 0 unspecified atom stereocenters. The minimum atomic E-state index is -3.41. The Kier molecular flexibility index (Phi) is 5.46. The molecule has 0 saturated heterocycles. The number of rotatable bonds is 6. The maximum atomic E-state index is 13.5. The Labute approximate surface area is 143 Å². The van der Waals surface area contributed by atoms with Crippen LogP contribution in [0.25, 0.3) is 0 Å². The summed E-state index contributed by atoms with van der Waals surface area (Å²) in [6.45, 7) is 0. The zero-order valence-electron chi connectivity index (χ0n) is 12.6. The van der Waals surface area contributed by atoms with Gasteiger partial charge >= 0.3 is 5.97 Å². The molecule has 0 amide bonds. The van der Waals surface area contributed by atoms with Crippen molar-refractivity contribution in [3.05, 3.63) is 52.8 Å². The fourth-order valence-electron chi connectivity index (χ4n) is 1.98. The van der Waals surface area contributed by atoms with Gasteiger partial charge in [0.2, 0.25) is 0 Å². The first kappa shape index (κ1) is 18.2. The largest absolute Gasteiger partial charge is 0.481 e. The lowest BCUT2D eigenvalue weighted by molar-refractivity contribution is -0.136. The van der Waals surface area contributed by atoms with Gasteiger partial charge in [-0.05, 0) is 36.2 Å². The van der Waals surface area contributed by atoms with Crippen LogP contribution in [-0.2, 0) is 21.1 Å². The Morgan fingerprint density at radius 3 is 2.50 bits per heavy atom. The van der Waals surface area contributed by atoms with Crippen LogP contribution in [-0.4, -0.2) is 25.7 Å². The molecule has 128 valence electrons. The Hall–Kier alpha value is -2.12. The molecule has 0 atom stereocenters. The zero-order valence-corrected chi connectivity index (χ0v) is 14.2. The quantitative estimate of drug-likeness (QED) is 0.836. The summed E-state index contributed by atoms with van der Waals surface area (Å²) >= 11 is 6.03. The van der Waals surface area contributed by atoms with Crippen LogP contribution < -0.4 is 4.74 Å². The number of benzene rings is 2. The second kappa shape index (κ2) is 7.19. The molecule has 0 aliphatic carbocycles. The molecule has 0 spiro atoms. The van der Waals surface area contributed by atoms with E-state index in [1.807, 2.05) is 0 Å². The summed E-state index contributed by atoms with van der Waals surface area (Å²) in [6.07, 6.45) is 1.07. The lowest BCUT2D eigenvalue weighted by atomic mass is 10.1. The van der Waals surface area contributed by atoms with Crippen LogP contribution in [0.5, 0.6) is 11.5 Å². The molecule has 0 aliphatic heterocycles. The number of ether oxygens (including phenoxy) is 1. The molecule has 0 saturated carbocycles. The second-order valence-corrected chi connectivity index (χ2v) is 7.54. The number of aliphatic carboxylic acids is 1. The number of carboxylic acid groups (broad SMARTS) is 1. The Morgan fingerprint density at radius 2 is 1.92 bits per heavy atom. The third-order valence-corrected chi connectivity index (χ3v) is 4.59. The van der Waals surface area contributed by atoms with E-state index in [1.54, 1.807) is 0 Å². The van der Waals surface area contributed by atoms with Crippen molar-refractivity contribution in [1.29, 1.82) is 0 Å². The number of aryl methyl sites for hydroxylation is 1. The number of sulfone groups is 1. The van der Waals surface area contributed by atoms with Crippen molar-refractivity contribution in [2.75, 3.05) is 6.26 Å². The molecular weight excluding hydrogens is 359 g/mol. The maximum absolute atomic E-state index is 13.5. The predicted octanol–water partition coefficient (Wildman–Crippen LogP) is 3.69. The van der Waals surface area contributed by atoms with E-state index in [-0.39, 0.29) is 34.3 Å². The molecule has 0 aromatic heterocycles. The van der Waals surface area contributed by atoms with E-state index < -0.39 is 21.6 Å². The number of carboxylic acids is 1. The molecule has 0 radical (unpaired) electrons. The van der Waals surface area contributed by atoms with Gasteiger partial charge in [-0.1, -0.05) is 17.7 Å². The summed E-state index contributed by atoms with van der Waals surface area (Å²) in [7, 11) is -3.41. The molecule has 5 nitrogen and oxygen atoms in total. The van der Waals surface area contributed by atoms with Crippen LogP contribution in [0.1, 0.15) is 12.0 Å². The first-order valence-corrected chi connectivity index (χ1v) is 9.11. The summed E-state index contributed by atoms with van der Waals surface area (Å²) in [5.41, 5.74) is 0.502. The second-order valence-electron chi connectivity index (χ2n) is 5.11. The normalized spacial score (nSPS) is 11.3. The first-order valence-electron chi connectivity index (χ1n) is 6.84. The van der Waals surface area contributed by atoms with Gasteiger partial charge in [-0.3, -0.25) is 4.79 Å². The lowest BCUT2D eigenvalue weighted by Crippen LogP contribution is -2.00. The minimum absolute atomic E-state index is 0.0326. The van der Waals surface area contributed by atoms with Gasteiger partial charge in [0.25, 0.3) is 0 Å². The van der Waals surface area contributed by atoms with Gasteiger partial charge in [0.15, 0.2) is 9.84 Å². The van der Waals surface area contributed by atoms with Crippen LogP contribution in [0.2, 0.25) is 5.02 Å². The predicted molar refractivity (Wildman–Crippen MR) is 87.0 cm³/mol. The van der Waals surface area contributed by atoms with E-state index >= 15 is 0 Å². The minimum Gasteiger partial charge on any atom is -0.481 e. The summed E-state index contributed by atoms with van der Waals surface area (Å²) < 4.78 is 42.0. The lowest BCUT2D eigenvalue weighted by Gasteiger charge is -2.12. The smallest absolute Gasteiger partial charge is 0.303 e. The average Bonchev–Trinajstić information content (AvgIpc) is 2.47. The van der Waals surface area contributed by atoms with Crippen molar-refractivity contribution in [3.63, 3.8) is 0 Å². The Balaban J connectivity index is 2.33. The standard InChI is InChI=1S/C16H14ClFO5S/c1-24(21,22)12-5-6-14(13(17)9-12)23-15-8-11(18)4-2-10(15)3-7-16(19)20/h2,4-6,8-9H,3,7H2,1H3,(H,19,20). The summed E-state index contributed by atoms with van der Waals surface area (Å²) in [4.78, 5) is 10.7. The van der Waals surface area contributed by atoms with Gasteiger partial charge in [-0.25, -0.2) is 12.8 Å². The highest BCUT2D eigenvalue weighted by molar-refractivity contribution is 7.90. The highest BCUT2D eigenvalue weighted by Gasteiger charge is 2.14. The van der Waals surface area contributed by atoms with Gasteiger partial charge in [0.1, 0.15) is 17.3 Å². The van der Waals surface area contributed by atoms with Crippen molar-refractivity contribution in [1.82, 2.24) is 0 Å². The Bertz CT molecular complexity index is 880. The number of hydrogen-bond acceptors (Lipinski definition) is 4. The van der Waals surface area contributed by atoms with E-state index in [2.05, 4.69) is 0 Å². The van der Waals surface area contributed by atoms with Crippen LogP contribution in [0, 0.1) is 5.82 Å². The van der Waals surface area contributed by atoms with Crippen molar-refractivity contribution in [3.8, 4) is 11.5 Å². The van der Waals surface area contributed by atoms with Gasteiger partial charge in [0.05, 0.1) is 9.92 Å². The van der Waals surface area contributed by atoms with Gasteiger partial charge in [-0.15, -0.1) is 0 Å². The van der Waals surface area contributed by atoms with E-state index in [4.69, 9.17) is 21.4 Å². The topological polar surface area (TPSA) is 80.7 Å². The summed E-state index contributed by atoms with van der Waals surface area (Å²) in [5, 5.41) is 8.82. The van der Waals surface area contributed by atoms with E-state index in [9.17, 15) is 17.6 Å². The monoisotopic (exact) mass is 372 g/mol. The third kappa shape index (κ3) is 4.69. The summed E-state index contributed by atoms with van der Waals surface area (Å²) in [5.74, 6) is -1.26. The molecule has 2 aromatic carbocycles. The van der Waals surface area contributed by atoms with Gasteiger partial charge < -0.3 is 9.84 Å². The molecule has 0 aliphatic rings. The molecule has 8 heteroatoms. The Morgan fingerprint density at radius 1 is 1.21 bits per heavy atom. The SMILES string of the molecule is CS(=O)(=O)c1ccc(Oc2cc(F)ccc2CCC(=O)O)c(Cl)c1. The van der Waals surface area contributed by atoms with Crippen LogP contribution in [0.3, 0.4) is 0 Å². The fraction of sp³-hybridized carbons (Fsp3) is 0.188. The molecule has 24 heavy (non-hydrogen) atoms. The maximum Gasteiger partial charge on any atom is 0.303 e. The van der Waals surface area contributed by atoms with Crippen LogP contribution in [0.15, 0.2) is 41.3 Å². The van der Waals surface area contributed by atoms with Crippen molar-refractivity contribution in [2.24, 2.45) is 0 Å². The van der Waals surface area contributed by atoms with Gasteiger partial charge in [-0.2, -0.15) is 0 Å². The highest BCUT2D eigenvalue weighted by atomic mass is 35.5. The van der Waals surface area contributed by atoms with Gasteiger partial charge in [0, 0.05) is 18.7 Å². The van der Waals surface area contributed by atoms with Crippen LogP contribution in [0.4, 0.5) is 4.39 Å². The molecule has 2 aromatic rings. The fourth-order valence-corrected chi connectivity index (χ4v) is 2.92. The van der Waals surface area contributed by atoms with Crippen LogP contribution >= 0.6 is 11.6 Å². The van der Waals surface area contributed by atoms with E-state index in [1.165, 1.54) is 30.3 Å². The third-order valence-electron chi connectivity index (χ3n) is 3.19. The highest BCUT2D eigenvalue weighted by Crippen LogP contribution is 2.33. The molecule has 0 fully saturated rings. The molecule has 0 heterocycles. The average molecular weight is 373 g/mol. The molecule has 0 bridgehead atoms. The first-order chi connectivity index (χ1) is 11.2. The molecule has 1 N–H and O–H groups in total.